The van der Waals surface area contributed by atoms with Crippen molar-refractivity contribution < 1.29 is 22.7 Å². The number of hydrogen-bond acceptors (Lipinski definition) is 7. The molecular formula is C25H30F3N7O2. The van der Waals surface area contributed by atoms with Crippen molar-refractivity contribution in [2.45, 2.75) is 63.2 Å². The molecule has 0 unspecified atom stereocenters. The molecule has 0 radical (unpaired) electrons. The van der Waals surface area contributed by atoms with Crippen molar-refractivity contribution in [2.24, 2.45) is 11.7 Å². The highest BCUT2D eigenvalue weighted by molar-refractivity contribution is 5.78. The smallest absolute Gasteiger partial charge is 0.381 e. The molecule has 3 aromatic rings. The molecule has 2 aromatic heterocycles. The number of rotatable bonds is 6. The zero-order chi connectivity index (χ0) is 26.2. The molecule has 1 saturated carbocycles. The largest absolute Gasteiger partial charge is 0.416 e. The van der Waals surface area contributed by atoms with Gasteiger partial charge in [-0.25, -0.2) is 9.97 Å². The Morgan fingerprint density at radius 2 is 1.89 bits per heavy atom. The number of carbonyl (C=O) groups is 1. The van der Waals surface area contributed by atoms with Gasteiger partial charge in [-0.3, -0.25) is 9.36 Å². The van der Waals surface area contributed by atoms with Crippen LogP contribution in [0.4, 0.5) is 30.8 Å². The Kier molecular flexibility index (Phi) is 6.69. The second kappa shape index (κ2) is 9.81. The highest BCUT2D eigenvalue weighted by Gasteiger charge is 2.32. The number of imidazole rings is 1. The molecule has 1 aromatic carbocycles. The lowest BCUT2D eigenvalue weighted by Gasteiger charge is -2.34. The van der Waals surface area contributed by atoms with Gasteiger partial charge in [-0.05, 0) is 63.6 Å². The van der Waals surface area contributed by atoms with Crippen LogP contribution in [0.15, 0.2) is 30.5 Å². The van der Waals surface area contributed by atoms with E-state index >= 15 is 0 Å². The third kappa shape index (κ3) is 5.48. The standard InChI is InChI=1S/C25H30F3N7O2/c1-24(9-11-37-12-10-24)34-22-30-14-19-21(33-22)35(18-7-5-15(6-8-18)20(29)36)23(32-19)31-17-4-2-3-16(13-17)25(26,27)28/h2-4,13-15,18H,5-12H2,1H3,(H2,29,36)(H,31,32)(H,30,33,34). The van der Waals surface area contributed by atoms with Crippen molar-refractivity contribution in [3.63, 3.8) is 0 Å². The van der Waals surface area contributed by atoms with Crippen molar-refractivity contribution >= 4 is 34.7 Å². The number of nitrogens with one attached hydrogen (secondary N) is 2. The summed E-state index contributed by atoms with van der Waals surface area (Å²) in [7, 11) is 0. The lowest BCUT2D eigenvalue weighted by molar-refractivity contribution is -0.137. The summed E-state index contributed by atoms with van der Waals surface area (Å²) in [4.78, 5) is 25.6. The lowest BCUT2D eigenvalue weighted by Crippen LogP contribution is -2.41. The molecule has 37 heavy (non-hydrogen) atoms. The molecule has 12 heteroatoms. The molecule has 2 fully saturated rings. The van der Waals surface area contributed by atoms with E-state index in [1.807, 2.05) is 4.57 Å². The molecule has 1 aliphatic carbocycles. The van der Waals surface area contributed by atoms with Gasteiger partial charge in [0.2, 0.25) is 17.8 Å². The molecular weight excluding hydrogens is 487 g/mol. The average Bonchev–Trinajstić information content (AvgIpc) is 3.21. The third-order valence-electron chi connectivity index (χ3n) is 7.35. The zero-order valence-corrected chi connectivity index (χ0v) is 20.5. The molecule has 0 spiro atoms. The highest BCUT2D eigenvalue weighted by atomic mass is 19.4. The highest BCUT2D eigenvalue weighted by Crippen LogP contribution is 2.38. The maximum absolute atomic E-state index is 13.3. The first-order valence-electron chi connectivity index (χ1n) is 12.5. The van der Waals surface area contributed by atoms with Crippen molar-refractivity contribution in [3.8, 4) is 0 Å². The Balaban J connectivity index is 1.51. The molecule has 1 aliphatic heterocycles. The molecule has 3 heterocycles. The van der Waals surface area contributed by atoms with Crippen molar-refractivity contribution in [2.75, 3.05) is 23.8 Å². The van der Waals surface area contributed by atoms with Crippen molar-refractivity contribution in [1.82, 2.24) is 19.5 Å². The predicted molar refractivity (Wildman–Crippen MR) is 132 cm³/mol. The van der Waals surface area contributed by atoms with E-state index in [1.54, 1.807) is 12.3 Å². The van der Waals surface area contributed by atoms with Gasteiger partial charge in [-0.15, -0.1) is 0 Å². The minimum Gasteiger partial charge on any atom is -0.381 e. The quantitative estimate of drug-likeness (QED) is 0.430. The Labute approximate surface area is 212 Å². The van der Waals surface area contributed by atoms with E-state index < -0.39 is 11.7 Å². The number of halogens is 3. The second-order valence-electron chi connectivity index (χ2n) is 10.1. The van der Waals surface area contributed by atoms with Crippen LogP contribution in [0.25, 0.3) is 11.2 Å². The number of amides is 1. The minimum absolute atomic E-state index is 0.0599. The van der Waals surface area contributed by atoms with Gasteiger partial charge in [0.15, 0.2) is 5.65 Å². The van der Waals surface area contributed by atoms with E-state index in [0.29, 0.717) is 62.0 Å². The maximum Gasteiger partial charge on any atom is 0.416 e. The number of carbonyl (C=O) groups excluding carboxylic acids is 1. The number of primary amides is 1. The molecule has 1 saturated heterocycles. The fraction of sp³-hybridized carbons (Fsp3) is 0.520. The van der Waals surface area contributed by atoms with Crippen LogP contribution in [-0.4, -0.2) is 44.2 Å². The summed E-state index contributed by atoms with van der Waals surface area (Å²) in [6, 6.07) is 4.94. The van der Waals surface area contributed by atoms with E-state index in [9.17, 15) is 18.0 Å². The number of hydrogen-bond donors (Lipinski definition) is 3. The predicted octanol–water partition coefficient (Wildman–Crippen LogP) is 4.79. The average molecular weight is 518 g/mol. The van der Waals surface area contributed by atoms with E-state index in [0.717, 1.165) is 25.0 Å². The normalized spacial score (nSPS) is 22.1. The summed E-state index contributed by atoms with van der Waals surface area (Å²) in [5.41, 5.74) is 5.92. The molecule has 5 rings (SSSR count). The van der Waals surface area contributed by atoms with Crippen LogP contribution in [0.1, 0.15) is 57.1 Å². The third-order valence-corrected chi connectivity index (χ3v) is 7.35. The Bertz CT molecular complexity index is 1280. The first-order chi connectivity index (χ1) is 17.6. The number of nitrogens with zero attached hydrogens (tertiary/aromatic N) is 4. The molecule has 9 nitrogen and oxygen atoms in total. The van der Waals surface area contributed by atoms with Crippen LogP contribution in [-0.2, 0) is 15.7 Å². The topological polar surface area (TPSA) is 120 Å². The van der Waals surface area contributed by atoms with Crippen LogP contribution in [0.3, 0.4) is 0 Å². The minimum atomic E-state index is -4.46. The van der Waals surface area contributed by atoms with Crippen LogP contribution in [0.5, 0.6) is 0 Å². The Hall–Kier alpha value is -3.41. The lowest BCUT2D eigenvalue weighted by atomic mass is 9.85. The summed E-state index contributed by atoms with van der Waals surface area (Å²) < 4.78 is 47.3. The first kappa shape index (κ1) is 25.2. The summed E-state index contributed by atoms with van der Waals surface area (Å²) in [6.45, 7) is 3.40. The Morgan fingerprint density at radius 3 is 2.57 bits per heavy atom. The van der Waals surface area contributed by atoms with E-state index in [4.69, 9.17) is 15.5 Å². The molecule has 0 atom stereocenters. The maximum atomic E-state index is 13.3. The molecule has 198 valence electrons. The number of nitrogens with two attached hydrogens (primary N) is 1. The van der Waals surface area contributed by atoms with E-state index in [2.05, 4.69) is 27.5 Å². The number of ether oxygens (including phenoxy) is 1. The van der Waals surface area contributed by atoms with Gasteiger partial charge in [-0.1, -0.05) is 6.07 Å². The van der Waals surface area contributed by atoms with Gasteiger partial charge in [0.25, 0.3) is 0 Å². The summed E-state index contributed by atoms with van der Waals surface area (Å²) in [5, 5.41) is 6.50. The van der Waals surface area contributed by atoms with Gasteiger partial charge >= 0.3 is 6.18 Å². The van der Waals surface area contributed by atoms with Crippen LogP contribution < -0.4 is 16.4 Å². The van der Waals surface area contributed by atoms with Gasteiger partial charge in [-0.2, -0.15) is 18.2 Å². The first-order valence-corrected chi connectivity index (χ1v) is 12.5. The van der Waals surface area contributed by atoms with Crippen LogP contribution in [0.2, 0.25) is 0 Å². The SMILES string of the molecule is CC1(Nc2ncc3nc(Nc4cccc(C(F)(F)F)c4)n(C4CCC(C(N)=O)CC4)c3n2)CCOCC1. The summed E-state index contributed by atoms with van der Waals surface area (Å²) >= 11 is 0. The van der Waals surface area contributed by atoms with Gasteiger partial charge in [0.05, 0.1) is 11.8 Å². The van der Waals surface area contributed by atoms with Gasteiger partial charge in [0, 0.05) is 36.4 Å². The summed E-state index contributed by atoms with van der Waals surface area (Å²) in [5.74, 6) is 0.330. The van der Waals surface area contributed by atoms with Crippen LogP contribution in [0, 0.1) is 5.92 Å². The number of aromatic nitrogens is 4. The van der Waals surface area contributed by atoms with Gasteiger partial charge < -0.3 is 21.1 Å². The number of fused-ring (bicyclic) bond motifs is 1. The van der Waals surface area contributed by atoms with Crippen molar-refractivity contribution in [1.29, 1.82) is 0 Å². The second-order valence-corrected chi connectivity index (χ2v) is 10.1. The molecule has 0 bridgehead atoms. The fourth-order valence-corrected chi connectivity index (χ4v) is 5.12. The monoisotopic (exact) mass is 517 g/mol. The van der Waals surface area contributed by atoms with Crippen LogP contribution >= 0.6 is 0 Å². The molecule has 2 aliphatic rings. The number of benzene rings is 1. The summed E-state index contributed by atoms with van der Waals surface area (Å²) in [6.07, 6.45) is 1.36. The number of alkyl halides is 3. The Morgan fingerprint density at radius 1 is 1.16 bits per heavy atom. The van der Waals surface area contributed by atoms with Crippen molar-refractivity contribution in [3.05, 3.63) is 36.0 Å². The zero-order valence-electron chi connectivity index (χ0n) is 20.5. The van der Waals surface area contributed by atoms with E-state index in [-0.39, 0.29) is 29.1 Å². The molecule has 1 amide bonds. The molecule has 4 N–H and O–H groups in total. The van der Waals surface area contributed by atoms with Gasteiger partial charge in [0.1, 0.15) is 5.52 Å². The number of anilines is 3. The van der Waals surface area contributed by atoms with E-state index in [1.165, 1.54) is 6.07 Å². The fourth-order valence-electron chi connectivity index (χ4n) is 5.12.